The molecular formula is C21H30N4O3. The summed E-state index contributed by atoms with van der Waals surface area (Å²) in [6, 6.07) is 8.07. The Hall–Kier alpha value is -2.12. The number of piperidine rings is 1. The van der Waals surface area contributed by atoms with Gasteiger partial charge in [0.1, 0.15) is 0 Å². The van der Waals surface area contributed by atoms with Gasteiger partial charge in [-0.15, -0.1) is 0 Å². The van der Waals surface area contributed by atoms with E-state index in [4.69, 9.17) is 5.21 Å². The molecule has 0 bridgehead atoms. The lowest BCUT2D eigenvalue weighted by Gasteiger charge is -2.44. The summed E-state index contributed by atoms with van der Waals surface area (Å²) in [5, 5.41) is 12.5. The number of benzene rings is 1. The van der Waals surface area contributed by atoms with E-state index in [0.29, 0.717) is 19.5 Å². The molecule has 28 heavy (non-hydrogen) atoms. The predicted octanol–water partition coefficient (Wildman–Crippen LogP) is 1.30. The fourth-order valence-corrected chi connectivity index (χ4v) is 4.81. The molecule has 0 aromatic heterocycles. The van der Waals surface area contributed by atoms with Gasteiger partial charge in [0.05, 0.1) is 12.0 Å². The van der Waals surface area contributed by atoms with Crippen molar-refractivity contribution in [1.29, 1.82) is 0 Å². The van der Waals surface area contributed by atoms with Crippen molar-refractivity contribution in [2.24, 2.45) is 11.3 Å². The molecular weight excluding hydrogens is 356 g/mol. The second-order valence-corrected chi connectivity index (χ2v) is 8.81. The van der Waals surface area contributed by atoms with E-state index >= 15 is 0 Å². The molecule has 2 amide bonds. The Bertz CT molecular complexity index is 764. The lowest BCUT2D eigenvalue weighted by Crippen LogP contribution is -2.62. The lowest BCUT2D eigenvalue weighted by molar-refractivity contribution is -0.145. The number of hydrogen-bond acceptors (Lipinski definition) is 5. The number of rotatable bonds is 3. The number of nitrogens with one attached hydrogen (secondary N) is 2. The minimum absolute atomic E-state index is 0.0279. The summed E-state index contributed by atoms with van der Waals surface area (Å²) >= 11 is 0. The maximum absolute atomic E-state index is 13.2. The summed E-state index contributed by atoms with van der Waals surface area (Å²) in [5.41, 5.74) is 4.32. The van der Waals surface area contributed by atoms with E-state index in [2.05, 4.69) is 48.3 Å². The van der Waals surface area contributed by atoms with Crippen molar-refractivity contribution in [2.45, 2.75) is 45.2 Å². The van der Waals surface area contributed by atoms with Gasteiger partial charge in [0.25, 0.3) is 0 Å². The molecule has 1 aromatic carbocycles. The number of anilines is 1. The number of hydrogen-bond donors (Lipinski definition) is 3. The molecule has 2 saturated heterocycles. The SMILES string of the molecule is Cc1cccc(N2CCN(C(=O)C3NCC4(CC4)CC3C(=O)NO)CC2C)c1. The highest BCUT2D eigenvalue weighted by molar-refractivity contribution is 5.90. The van der Waals surface area contributed by atoms with Crippen LogP contribution in [-0.2, 0) is 9.59 Å². The van der Waals surface area contributed by atoms with Gasteiger partial charge in [-0.25, -0.2) is 5.48 Å². The summed E-state index contributed by atoms with van der Waals surface area (Å²) in [4.78, 5) is 29.7. The minimum Gasteiger partial charge on any atom is -0.365 e. The first-order valence-electron chi connectivity index (χ1n) is 10.2. The van der Waals surface area contributed by atoms with Crippen LogP contribution in [0.25, 0.3) is 0 Å². The summed E-state index contributed by atoms with van der Waals surface area (Å²) in [6.45, 7) is 7.02. The van der Waals surface area contributed by atoms with Gasteiger partial charge in [0.15, 0.2) is 0 Å². The van der Waals surface area contributed by atoms with Gasteiger partial charge in [0, 0.05) is 37.9 Å². The first-order chi connectivity index (χ1) is 13.4. The predicted molar refractivity (Wildman–Crippen MR) is 106 cm³/mol. The average Bonchev–Trinajstić information content (AvgIpc) is 3.45. The lowest BCUT2D eigenvalue weighted by atomic mass is 9.81. The minimum atomic E-state index is -0.559. The van der Waals surface area contributed by atoms with E-state index in [1.54, 1.807) is 5.48 Å². The van der Waals surface area contributed by atoms with Gasteiger partial charge < -0.3 is 15.1 Å². The van der Waals surface area contributed by atoms with Crippen LogP contribution in [0.4, 0.5) is 5.69 Å². The highest BCUT2D eigenvalue weighted by atomic mass is 16.5. The Kier molecular flexibility index (Phi) is 5.05. The Morgan fingerprint density at radius 3 is 2.71 bits per heavy atom. The van der Waals surface area contributed by atoms with E-state index in [-0.39, 0.29) is 17.4 Å². The van der Waals surface area contributed by atoms with Crippen LogP contribution in [0.3, 0.4) is 0 Å². The number of carbonyl (C=O) groups is 2. The van der Waals surface area contributed by atoms with Gasteiger partial charge in [0.2, 0.25) is 11.8 Å². The van der Waals surface area contributed by atoms with Crippen molar-refractivity contribution >= 4 is 17.5 Å². The Morgan fingerprint density at radius 1 is 1.29 bits per heavy atom. The van der Waals surface area contributed by atoms with Gasteiger partial charge in [-0.05, 0) is 56.2 Å². The van der Waals surface area contributed by atoms with Gasteiger partial charge in [-0.1, -0.05) is 12.1 Å². The first kappa shape index (κ1) is 19.2. The van der Waals surface area contributed by atoms with E-state index in [1.807, 2.05) is 4.90 Å². The zero-order chi connectivity index (χ0) is 19.9. The number of carbonyl (C=O) groups excluding carboxylic acids is 2. The highest BCUT2D eigenvalue weighted by Gasteiger charge is 2.52. The smallest absolute Gasteiger partial charge is 0.248 e. The van der Waals surface area contributed by atoms with Crippen molar-refractivity contribution in [3.05, 3.63) is 29.8 Å². The monoisotopic (exact) mass is 386 g/mol. The zero-order valence-corrected chi connectivity index (χ0v) is 16.6. The van der Waals surface area contributed by atoms with Crippen molar-refractivity contribution in [1.82, 2.24) is 15.7 Å². The van der Waals surface area contributed by atoms with E-state index in [0.717, 1.165) is 25.9 Å². The molecule has 3 atom stereocenters. The molecule has 1 saturated carbocycles. The molecule has 152 valence electrons. The van der Waals surface area contributed by atoms with Gasteiger partial charge >= 0.3 is 0 Å². The molecule has 1 aromatic rings. The molecule has 2 aliphatic heterocycles. The van der Waals surface area contributed by atoms with Crippen LogP contribution < -0.4 is 15.7 Å². The molecule has 7 nitrogen and oxygen atoms in total. The Morgan fingerprint density at radius 2 is 2.07 bits per heavy atom. The molecule has 0 radical (unpaired) electrons. The Balaban J connectivity index is 1.44. The quantitative estimate of drug-likeness (QED) is 0.539. The molecule has 2 heterocycles. The van der Waals surface area contributed by atoms with Crippen molar-refractivity contribution in [2.75, 3.05) is 31.1 Å². The fraction of sp³-hybridized carbons (Fsp3) is 0.619. The van der Waals surface area contributed by atoms with Gasteiger partial charge in [-0.3, -0.25) is 14.8 Å². The topological polar surface area (TPSA) is 84.9 Å². The van der Waals surface area contributed by atoms with Crippen LogP contribution in [0.1, 0.15) is 31.7 Å². The molecule has 3 N–H and O–H groups in total. The molecule has 3 aliphatic rings. The van der Waals surface area contributed by atoms with Crippen molar-refractivity contribution in [3.8, 4) is 0 Å². The number of amides is 2. The van der Waals surface area contributed by atoms with E-state index in [9.17, 15) is 9.59 Å². The Labute approximate surface area is 166 Å². The maximum atomic E-state index is 13.2. The average molecular weight is 386 g/mol. The normalized spacial score (nSPS) is 28.9. The fourth-order valence-electron chi connectivity index (χ4n) is 4.81. The van der Waals surface area contributed by atoms with Crippen molar-refractivity contribution < 1.29 is 14.8 Å². The number of hydroxylamine groups is 1. The van der Waals surface area contributed by atoms with Gasteiger partial charge in [-0.2, -0.15) is 0 Å². The molecule has 1 spiro atoms. The highest BCUT2D eigenvalue weighted by Crippen LogP contribution is 2.52. The third-order valence-corrected chi connectivity index (χ3v) is 6.69. The summed E-state index contributed by atoms with van der Waals surface area (Å²) in [5.74, 6) is -0.998. The van der Waals surface area contributed by atoms with E-state index < -0.39 is 17.9 Å². The van der Waals surface area contributed by atoms with Crippen LogP contribution >= 0.6 is 0 Å². The molecule has 3 fully saturated rings. The summed E-state index contributed by atoms with van der Waals surface area (Å²) in [7, 11) is 0. The first-order valence-corrected chi connectivity index (χ1v) is 10.2. The third-order valence-electron chi connectivity index (χ3n) is 6.69. The summed E-state index contributed by atoms with van der Waals surface area (Å²) in [6.07, 6.45) is 2.84. The third kappa shape index (κ3) is 3.61. The second kappa shape index (κ2) is 7.37. The maximum Gasteiger partial charge on any atom is 0.248 e. The number of aryl methyl sites for hydroxylation is 1. The van der Waals surface area contributed by atoms with Crippen molar-refractivity contribution in [3.63, 3.8) is 0 Å². The zero-order valence-electron chi connectivity index (χ0n) is 16.6. The summed E-state index contributed by atoms with van der Waals surface area (Å²) < 4.78 is 0. The molecule has 3 unspecified atom stereocenters. The van der Waals surface area contributed by atoms with Crippen LogP contribution in [-0.4, -0.2) is 60.2 Å². The van der Waals surface area contributed by atoms with Crippen LogP contribution in [0.5, 0.6) is 0 Å². The van der Waals surface area contributed by atoms with Crippen LogP contribution in [0.2, 0.25) is 0 Å². The van der Waals surface area contributed by atoms with E-state index in [1.165, 1.54) is 11.3 Å². The van der Waals surface area contributed by atoms with Crippen LogP contribution in [0, 0.1) is 18.3 Å². The number of nitrogens with zero attached hydrogens (tertiary/aromatic N) is 2. The molecule has 4 rings (SSSR count). The second-order valence-electron chi connectivity index (χ2n) is 8.81. The molecule has 1 aliphatic carbocycles. The standard InChI is InChI=1S/C21H30N4O3/c1-14-4-3-5-16(10-14)25-9-8-24(12-15(25)2)20(27)18-17(19(26)23-28)11-21(6-7-21)13-22-18/h3-5,10,15,17-18,22,28H,6-9,11-13H2,1-2H3,(H,23,26). The number of piperazine rings is 1. The largest absolute Gasteiger partial charge is 0.365 e. The molecule has 7 heteroatoms. The van der Waals surface area contributed by atoms with Crippen LogP contribution in [0.15, 0.2) is 24.3 Å².